The number of nitrogens with zero attached hydrogens (tertiary/aromatic N) is 1. The average molecular weight is 488 g/mol. The second-order valence-electron chi connectivity index (χ2n) is 7.98. The van der Waals surface area contributed by atoms with Gasteiger partial charge in [0.2, 0.25) is 5.91 Å². The van der Waals surface area contributed by atoms with E-state index in [2.05, 4.69) is 10.6 Å². The minimum absolute atomic E-state index is 0.0279. The lowest BCUT2D eigenvalue weighted by molar-refractivity contribution is -0.385. The number of nitro benzene ring substituents is 1. The highest BCUT2D eigenvalue weighted by Crippen LogP contribution is 2.28. The van der Waals surface area contributed by atoms with Crippen molar-refractivity contribution >= 4 is 23.7 Å². The summed E-state index contributed by atoms with van der Waals surface area (Å²) in [5.74, 6) is -1.64. The summed E-state index contributed by atoms with van der Waals surface area (Å²) in [5, 5.41) is 16.4. The molecule has 35 heavy (non-hydrogen) atoms. The van der Waals surface area contributed by atoms with Gasteiger partial charge in [0.15, 0.2) is 5.75 Å². The number of methoxy groups -OCH3 is 2. The average Bonchev–Trinajstić information content (AvgIpc) is 2.85. The number of esters is 1. The second kappa shape index (κ2) is 12.9. The second-order valence-corrected chi connectivity index (χ2v) is 7.98. The standard InChI is InChI=1S/C24H29N3O8/c1-15(2)21(26-24(30)35-14-16-8-6-5-7-9-16)22(28)25-18(23(29)34-4)12-17-10-11-20(33-3)19(13-17)27(31)32/h5-11,13,15,18,21H,12,14H2,1-4H3,(H,25,28)(H,26,30)/t18-,21-/m1/s1. The molecule has 0 aliphatic rings. The minimum Gasteiger partial charge on any atom is -0.490 e. The van der Waals surface area contributed by atoms with E-state index in [1.165, 1.54) is 19.2 Å². The normalized spacial score (nSPS) is 12.3. The van der Waals surface area contributed by atoms with Crippen molar-refractivity contribution in [3.05, 3.63) is 69.8 Å². The summed E-state index contributed by atoms with van der Waals surface area (Å²) in [5.41, 5.74) is 0.917. The molecule has 0 radical (unpaired) electrons. The molecule has 0 heterocycles. The van der Waals surface area contributed by atoms with Crippen molar-refractivity contribution in [3.63, 3.8) is 0 Å². The van der Waals surface area contributed by atoms with Crippen LogP contribution in [-0.2, 0) is 32.1 Å². The van der Waals surface area contributed by atoms with Crippen LogP contribution in [0.25, 0.3) is 0 Å². The largest absolute Gasteiger partial charge is 0.490 e. The summed E-state index contributed by atoms with van der Waals surface area (Å²) in [4.78, 5) is 48.3. The monoisotopic (exact) mass is 487 g/mol. The van der Waals surface area contributed by atoms with Crippen LogP contribution < -0.4 is 15.4 Å². The Bertz CT molecular complexity index is 1040. The van der Waals surface area contributed by atoms with Crippen molar-refractivity contribution in [2.75, 3.05) is 14.2 Å². The fourth-order valence-electron chi connectivity index (χ4n) is 3.26. The fraction of sp³-hybridized carbons (Fsp3) is 0.375. The molecule has 11 heteroatoms. The van der Waals surface area contributed by atoms with Crippen LogP contribution in [0.1, 0.15) is 25.0 Å². The van der Waals surface area contributed by atoms with Gasteiger partial charge in [0.1, 0.15) is 18.7 Å². The summed E-state index contributed by atoms with van der Waals surface area (Å²) >= 11 is 0. The van der Waals surface area contributed by atoms with E-state index in [1.807, 2.05) is 18.2 Å². The molecule has 2 atom stereocenters. The molecule has 0 bridgehead atoms. The molecule has 0 fully saturated rings. The molecule has 0 saturated carbocycles. The highest BCUT2D eigenvalue weighted by Gasteiger charge is 2.30. The van der Waals surface area contributed by atoms with Crippen LogP contribution in [-0.4, -0.2) is 49.2 Å². The van der Waals surface area contributed by atoms with E-state index in [0.29, 0.717) is 5.56 Å². The van der Waals surface area contributed by atoms with Crippen molar-refractivity contribution in [3.8, 4) is 5.75 Å². The van der Waals surface area contributed by atoms with Gasteiger partial charge in [-0.05, 0) is 23.1 Å². The van der Waals surface area contributed by atoms with Crippen molar-refractivity contribution in [1.82, 2.24) is 10.6 Å². The first-order chi connectivity index (χ1) is 16.7. The number of nitro groups is 1. The number of hydrogen-bond acceptors (Lipinski definition) is 8. The molecule has 2 rings (SSSR count). The number of carbonyl (C=O) groups excluding carboxylic acids is 3. The van der Waals surface area contributed by atoms with E-state index in [4.69, 9.17) is 14.2 Å². The van der Waals surface area contributed by atoms with Gasteiger partial charge in [-0.2, -0.15) is 0 Å². The van der Waals surface area contributed by atoms with Gasteiger partial charge < -0.3 is 24.8 Å². The molecule has 0 aliphatic carbocycles. The van der Waals surface area contributed by atoms with Crippen LogP contribution >= 0.6 is 0 Å². The van der Waals surface area contributed by atoms with Gasteiger partial charge >= 0.3 is 17.7 Å². The quantitative estimate of drug-likeness (QED) is 0.279. The van der Waals surface area contributed by atoms with Crippen molar-refractivity contribution < 1.29 is 33.5 Å². The molecule has 0 aliphatic heterocycles. The Morgan fingerprint density at radius 3 is 2.26 bits per heavy atom. The van der Waals surface area contributed by atoms with Crippen LogP contribution in [0.15, 0.2) is 48.5 Å². The van der Waals surface area contributed by atoms with Crippen LogP contribution in [0.4, 0.5) is 10.5 Å². The predicted molar refractivity (Wildman–Crippen MR) is 126 cm³/mol. The third kappa shape index (κ3) is 7.98. The summed E-state index contributed by atoms with van der Waals surface area (Å²) in [7, 11) is 2.47. The fourth-order valence-corrected chi connectivity index (χ4v) is 3.26. The summed E-state index contributed by atoms with van der Waals surface area (Å²) in [6.07, 6.45) is -0.866. The maximum absolute atomic E-state index is 13.0. The predicted octanol–water partition coefficient (Wildman–Crippen LogP) is 2.75. The Morgan fingerprint density at radius 1 is 1.00 bits per heavy atom. The number of ether oxygens (including phenoxy) is 3. The number of carbonyl (C=O) groups is 3. The number of benzene rings is 2. The third-order valence-corrected chi connectivity index (χ3v) is 5.12. The molecular weight excluding hydrogens is 458 g/mol. The molecule has 2 aromatic carbocycles. The summed E-state index contributed by atoms with van der Waals surface area (Å²) in [6.45, 7) is 3.48. The molecule has 11 nitrogen and oxygen atoms in total. The van der Waals surface area contributed by atoms with Gasteiger partial charge in [-0.15, -0.1) is 0 Å². The molecule has 0 aromatic heterocycles. The number of rotatable bonds is 11. The van der Waals surface area contributed by atoms with Gasteiger partial charge in [0.25, 0.3) is 0 Å². The van der Waals surface area contributed by atoms with Gasteiger partial charge in [0.05, 0.1) is 19.1 Å². The van der Waals surface area contributed by atoms with Crippen LogP contribution in [0, 0.1) is 16.0 Å². The summed E-state index contributed by atoms with van der Waals surface area (Å²) < 4.78 is 15.0. The minimum atomic E-state index is -1.15. The lowest BCUT2D eigenvalue weighted by Crippen LogP contribution is -2.54. The molecule has 0 saturated heterocycles. The topological polar surface area (TPSA) is 146 Å². The zero-order valence-electron chi connectivity index (χ0n) is 20.0. The Balaban J connectivity index is 2.11. The lowest BCUT2D eigenvalue weighted by Gasteiger charge is -2.24. The highest BCUT2D eigenvalue weighted by atomic mass is 16.6. The molecule has 2 amide bonds. The molecule has 0 unspecified atom stereocenters. The summed E-state index contributed by atoms with van der Waals surface area (Å²) in [6, 6.07) is 11.1. The molecule has 188 valence electrons. The first-order valence-corrected chi connectivity index (χ1v) is 10.8. The van der Waals surface area contributed by atoms with Gasteiger partial charge in [0, 0.05) is 12.5 Å². The van der Waals surface area contributed by atoms with E-state index in [1.54, 1.807) is 32.0 Å². The SMILES string of the molecule is COC(=O)[C@@H](Cc1ccc(OC)c([N+](=O)[O-])c1)NC(=O)[C@H](NC(=O)OCc1ccccc1)C(C)C. The number of nitrogens with one attached hydrogen (secondary N) is 2. The van der Waals surface area contributed by atoms with Gasteiger partial charge in [-0.25, -0.2) is 9.59 Å². The lowest BCUT2D eigenvalue weighted by atomic mass is 10.0. The third-order valence-electron chi connectivity index (χ3n) is 5.12. The van der Waals surface area contributed by atoms with Gasteiger partial charge in [-0.1, -0.05) is 50.2 Å². The highest BCUT2D eigenvalue weighted by molar-refractivity contribution is 5.90. The Morgan fingerprint density at radius 2 is 1.69 bits per heavy atom. The van der Waals surface area contributed by atoms with Gasteiger partial charge in [-0.3, -0.25) is 14.9 Å². The maximum atomic E-state index is 13.0. The molecule has 0 spiro atoms. The van der Waals surface area contributed by atoms with E-state index in [-0.39, 0.29) is 30.4 Å². The van der Waals surface area contributed by atoms with E-state index < -0.39 is 35.0 Å². The molecular formula is C24H29N3O8. The zero-order chi connectivity index (χ0) is 26.0. The van der Waals surface area contributed by atoms with Crippen LogP contribution in [0.3, 0.4) is 0 Å². The maximum Gasteiger partial charge on any atom is 0.408 e. The first-order valence-electron chi connectivity index (χ1n) is 10.8. The van der Waals surface area contributed by atoms with Crippen molar-refractivity contribution in [2.24, 2.45) is 5.92 Å². The molecule has 2 N–H and O–H groups in total. The Kier molecular flexibility index (Phi) is 10.0. The number of amides is 2. The number of alkyl carbamates (subject to hydrolysis) is 1. The molecule has 2 aromatic rings. The van der Waals surface area contributed by atoms with Crippen molar-refractivity contribution in [2.45, 2.75) is 39.0 Å². The first kappa shape index (κ1) is 27.1. The number of hydrogen-bond donors (Lipinski definition) is 2. The van der Waals surface area contributed by atoms with Crippen LogP contribution in [0.2, 0.25) is 0 Å². The Labute approximate surface area is 202 Å². The zero-order valence-corrected chi connectivity index (χ0v) is 20.0. The van der Waals surface area contributed by atoms with E-state index in [9.17, 15) is 24.5 Å². The van der Waals surface area contributed by atoms with Crippen molar-refractivity contribution in [1.29, 1.82) is 0 Å². The Hall–Kier alpha value is -4.15. The van der Waals surface area contributed by atoms with Crippen LogP contribution in [0.5, 0.6) is 5.75 Å². The smallest absolute Gasteiger partial charge is 0.408 e. The van der Waals surface area contributed by atoms with E-state index in [0.717, 1.165) is 12.7 Å². The van der Waals surface area contributed by atoms with E-state index >= 15 is 0 Å².